The molecule has 0 radical (unpaired) electrons. The van der Waals surface area contributed by atoms with Gasteiger partial charge in [0.2, 0.25) is 0 Å². The molecule has 0 bridgehead atoms. The van der Waals surface area contributed by atoms with Crippen LogP contribution in [-0.2, 0) is 0 Å². The van der Waals surface area contributed by atoms with Gasteiger partial charge < -0.3 is 0 Å². The van der Waals surface area contributed by atoms with Crippen LogP contribution < -0.4 is 0 Å². The second-order valence-corrected chi connectivity index (χ2v) is 14.7. The van der Waals surface area contributed by atoms with Crippen molar-refractivity contribution in [1.29, 1.82) is 0 Å². The van der Waals surface area contributed by atoms with Crippen molar-refractivity contribution in [3.8, 4) is 0 Å². The molecule has 0 amide bonds. The molecule has 1 fully saturated rings. The Bertz CT molecular complexity index is 390. The molecular formula is C23H48P2. The van der Waals surface area contributed by atoms with Crippen molar-refractivity contribution in [2.24, 2.45) is 33.5 Å². The molecule has 1 saturated carbocycles. The Morgan fingerprint density at radius 3 is 0.840 bits per heavy atom. The summed E-state index contributed by atoms with van der Waals surface area (Å²) in [7, 11) is 6.81. The van der Waals surface area contributed by atoms with E-state index in [2.05, 4.69) is 102 Å². The normalized spacial score (nSPS) is 24.7. The zero-order chi connectivity index (χ0) is 20.3. The molecule has 0 aromatic heterocycles. The van der Waals surface area contributed by atoms with Gasteiger partial charge in [-0.3, -0.25) is 0 Å². The first-order chi connectivity index (χ1) is 10.7. The van der Waals surface area contributed by atoms with Crippen LogP contribution in [0.15, 0.2) is 0 Å². The lowest BCUT2D eigenvalue weighted by Gasteiger charge is -2.63. The maximum Gasteiger partial charge on any atom is -0.00226 e. The fourth-order valence-corrected chi connectivity index (χ4v) is 7.32. The van der Waals surface area contributed by atoms with E-state index < -0.39 is 0 Å². The second-order valence-electron chi connectivity index (χ2n) is 12.9. The highest BCUT2D eigenvalue weighted by atomic mass is 31.0. The Morgan fingerprint density at radius 1 is 0.480 bits per heavy atom. The summed E-state index contributed by atoms with van der Waals surface area (Å²) in [6.45, 7) is 29.5. The summed E-state index contributed by atoms with van der Waals surface area (Å²) in [5.41, 5.74) is 1.02. The smallest absolute Gasteiger partial charge is 0.00226 e. The molecule has 4 atom stereocenters. The molecule has 0 heterocycles. The maximum atomic E-state index is 3.41. The van der Waals surface area contributed by atoms with Crippen LogP contribution in [0.1, 0.15) is 102 Å². The summed E-state index contributed by atoms with van der Waals surface area (Å²) in [4.78, 5) is 0. The Kier molecular flexibility index (Phi) is 6.43. The van der Waals surface area contributed by atoms with Gasteiger partial charge in [-0.1, -0.05) is 89.5 Å². The molecule has 1 rings (SSSR count). The van der Waals surface area contributed by atoms with E-state index in [1.165, 1.54) is 19.3 Å². The zero-order valence-corrected chi connectivity index (χ0v) is 21.7. The van der Waals surface area contributed by atoms with Crippen molar-refractivity contribution in [1.82, 2.24) is 0 Å². The van der Waals surface area contributed by atoms with E-state index in [-0.39, 0.29) is 32.0 Å². The minimum atomic E-state index is 0.222. The van der Waals surface area contributed by atoms with Crippen molar-refractivity contribution >= 4 is 18.5 Å². The Labute approximate surface area is 164 Å². The first-order valence-corrected chi connectivity index (χ1v) is 11.5. The minimum absolute atomic E-state index is 0.222. The highest BCUT2D eigenvalue weighted by Crippen LogP contribution is 2.67. The van der Waals surface area contributed by atoms with Gasteiger partial charge in [0.1, 0.15) is 0 Å². The van der Waals surface area contributed by atoms with E-state index in [1.807, 2.05) is 0 Å². The van der Waals surface area contributed by atoms with E-state index in [1.54, 1.807) is 0 Å². The summed E-state index contributed by atoms with van der Waals surface area (Å²) < 4.78 is 0. The largest absolute Gasteiger partial charge is 0.130 e. The summed E-state index contributed by atoms with van der Waals surface area (Å²) in [6.07, 6.45) is 4.11. The molecule has 0 saturated heterocycles. The van der Waals surface area contributed by atoms with Crippen LogP contribution >= 0.6 is 18.5 Å². The molecule has 150 valence electrons. The van der Waals surface area contributed by atoms with Gasteiger partial charge in [-0.15, -0.1) is 18.5 Å². The van der Waals surface area contributed by atoms with Crippen LogP contribution in [0, 0.1) is 33.5 Å². The molecule has 2 heteroatoms. The predicted octanol–water partition coefficient (Wildman–Crippen LogP) is 7.81. The minimum Gasteiger partial charge on any atom is -0.130 e. The average molecular weight is 387 g/mol. The molecule has 0 nitrogen and oxygen atoms in total. The lowest BCUT2D eigenvalue weighted by atomic mass is 9.51. The van der Waals surface area contributed by atoms with Crippen LogP contribution in [-0.4, -0.2) is 10.3 Å². The molecule has 1 aliphatic rings. The predicted molar refractivity (Wildman–Crippen MR) is 124 cm³/mol. The van der Waals surface area contributed by atoms with E-state index in [0.717, 1.165) is 11.8 Å². The SMILES string of the molecule is CC(C)(C)C(P)([C@@H]1CCC[C@@H]1C(P)(C(C)(C)C)C(C)(C)C)C(C)(C)C. The van der Waals surface area contributed by atoms with Gasteiger partial charge in [0.05, 0.1) is 0 Å². The van der Waals surface area contributed by atoms with E-state index in [0.29, 0.717) is 0 Å². The Hall–Kier alpha value is 0.860. The standard InChI is InChI=1S/C23H48P2/c1-18(2,3)22(24,19(4,5)6)16-14-13-15-17(16)23(25,20(7,8)9)21(10,11)12/h16-17H,13-15,24-25H2,1-12H3/t16-,17+. The highest BCUT2D eigenvalue weighted by Gasteiger charge is 2.62. The maximum absolute atomic E-state index is 3.41. The van der Waals surface area contributed by atoms with Crippen molar-refractivity contribution in [2.75, 3.05) is 0 Å². The van der Waals surface area contributed by atoms with Gasteiger partial charge in [-0.2, -0.15) is 0 Å². The second kappa shape index (κ2) is 6.73. The summed E-state index contributed by atoms with van der Waals surface area (Å²) in [5.74, 6) is 1.46. The fourth-order valence-electron chi connectivity index (χ4n) is 6.52. The molecule has 0 spiro atoms. The van der Waals surface area contributed by atoms with Crippen LogP contribution in [0.4, 0.5) is 0 Å². The molecular weight excluding hydrogens is 338 g/mol. The summed E-state index contributed by atoms with van der Waals surface area (Å²) in [5, 5.41) is 0.443. The molecule has 0 aromatic rings. The number of rotatable bonds is 2. The third kappa shape index (κ3) is 3.75. The van der Waals surface area contributed by atoms with Crippen molar-refractivity contribution in [2.45, 2.75) is 113 Å². The average Bonchev–Trinajstić information content (AvgIpc) is 2.80. The first kappa shape index (κ1) is 23.9. The van der Waals surface area contributed by atoms with Crippen molar-refractivity contribution < 1.29 is 0 Å². The van der Waals surface area contributed by atoms with E-state index >= 15 is 0 Å². The van der Waals surface area contributed by atoms with Crippen molar-refractivity contribution in [3.63, 3.8) is 0 Å². The Balaban J connectivity index is 3.62. The first-order valence-electron chi connectivity index (χ1n) is 10.3. The molecule has 0 aromatic carbocycles. The van der Waals surface area contributed by atoms with Gasteiger partial charge in [-0.05, 0) is 56.6 Å². The van der Waals surface area contributed by atoms with Gasteiger partial charge in [-0.25, -0.2) is 0 Å². The van der Waals surface area contributed by atoms with E-state index in [9.17, 15) is 0 Å². The van der Waals surface area contributed by atoms with Gasteiger partial charge in [0.15, 0.2) is 0 Å². The van der Waals surface area contributed by atoms with Crippen LogP contribution in [0.25, 0.3) is 0 Å². The quantitative estimate of drug-likeness (QED) is 0.424. The van der Waals surface area contributed by atoms with Crippen LogP contribution in [0.5, 0.6) is 0 Å². The monoisotopic (exact) mass is 386 g/mol. The summed E-state index contributed by atoms with van der Waals surface area (Å²) >= 11 is 0. The third-order valence-corrected chi connectivity index (χ3v) is 12.0. The molecule has 2 unspecified atom stereocenters. The topological polar surface area (TPSA) is 0 Å². The molecule has 0 N–H and O–H groups in total. The molecule has 1 aliphatic carbocycles. The number of hydrogen-bond donors (Lipinski definition) is 0. The highest BCUT2D eigenvalue weighted by molar-refractivity contribution is 7.19. The van der Waals surface area contributed by atoms with Crippen LogP contribution in [0.2, 0.25) is 0 Å². The molecule has 0 aliphatic heterocycles. The van der Waals surface area contributed by atoms with Gasteiger partial charge in [0.25, 0.3) is 0 Å². The van der Waals surface area contributed by atoms with Gasteiger partial charge in [0, 0.05) is 0 Å². The number of hydrogen-bond acceptors (Lipinski definition) is 0. The summed E-state index contributed by atoms with van der Waals surface area (Å²) in [6, 6.07) is 0. The Morgan fingerprint density at radius 2 is 0.680 bits per heavy atom. The lowest BCUT2D eigenvalue weighted by molar-refractivity contribution is 0.00123. The lowest BCUT2D eigenvalue weighted by Crippen LogP contribution is -2.61. The zero-order valence-electron chi connectivity index (χ0n) is 19.4. The van der Waals surface area contributed by atoms with Crippen molar-refractivity contribution in [3.05, 3.63) is 0 Å². The fraction of sp³-hybridized carbons (Fsp3) is 1.00. The third-order valence-electron chi connectivity index (χ3n) is 7.65. The van der Waals surface area contributed by atoms with Crippen LogP contribution in [0.3, 0.4) is 0 Å². The van der Waals surface area contributed by atoms with E-state index in [4.69, 9.17) is 0 Å². The van der Waals surface area contributed by atoms with Gasteiger partial charge >= 0.3 is 0 Å². The molecule has 25 heavy (non-hydrogen) atoms.